The molecule has 0 bridgehead atoms. The minimum Gasteiger partial charge on any atom is -0.481 e. The van der Waals surface area contributed by atoms with Crippen LogP contribution >= 0.6 is 0 Å². The summed E-state index contributed by atoms with van der Waals surface area (Å²) in [6.45, 7) is 1.76. The third-order valence-electron chi connectivity index (χ3n) is 2.67. The fraction of sp³-hybridized carbons (Fsp3) is 0.455. The van der Waals surface area contributed by atoms with Crippen molar-refractivity contribution in [1.82, 2.24) is 15.0 Å². The molecule has 0 spiro atoms. The van der Waals surface area contributed by atoms with Crippen LogP contribution in [0.4, 0.5) is 0 Å². The Labute approximate surface area is 97.9 Å². The Morgan fingerprint density at radius 3 is 3.06 bits per heavy atom. The molecule has 6 heteroatoms. The number of nitrogens with one attached hydrogen (secondary N) is 1. The summed E-state index contributed by atoms with van der Waals surface area (Å²) >= 11 is 0. The number of methoxy groups -OCH3 is 1. The number of imidazole rings is 1. The molecular weight excluding hydrogens is 222 g/mol. The SMILES string of the molecule is COc1ccc2[nH]c(C3COCCO3)nc2n1. The first kappa shape index (κ1) is 10.5. The second-order valence-corrected chi connectivity index (χ2v) is 3.78. The Morgan fingerprint density at radius 2 is 2.29 bits per heavy atom. The van der Waals surface area contributed by atoms with E-state index in [-0.39, 0.29) is 6.10 Å². The number of H-pyrrole nitrogens is 1. The Morgan fingerprint density at radius 1 is 1.35 bits per heavy atom. The molecule has 1 fully saturated rings. The lowest BCUT2D eigenvalue weighted by atomic mass is 10.3. The second-order valence-electron chi connectivity index (χ2n) is 3.78. The number of ether oxygens (including phenoxy) is 3. The molecule has 1 saturated heterocycles. The van der Waals surface area contributed by atoms with Gasteiger partial charge in [0.25, 0.3) is 0 Å². The summed E-state index contributed by atoms with van der Waals surface area (Å²) in [6.07, 6.45) is -0.135. The Bertz CT molecular complexity index is 520. The van der Waals surface area contributed by atoms with Gasteiger partial charge >= 0.3 is 0 Å². The van der Waals surface area contributed by atoms with Crippen LogP contribution in [0.25, 0.3) is 11.2 Å². The molecule has 1 unspecified atom stereocenters. The monoisotopic (exact) mass is 235 g/mol. The van der Waals surface area contributed by atoms with Gasteiger partial charge in [-0.2, -0.15) is 4.98 Å². The number of hydrogen-bond donors (Lipinski definition) is 1. The first-order valence-corrected chi connectivity index (χ1v) is 5.47. The molecule has 1 aliphatic heterocycles. The van der Waals surface area contributed by atoms with Crippen LogP contribution in [0.1, 0.15) is 11.9 Å². The molecule has 3 heterocycles. The third kappa shape index (κ3) is 1.96. The van der Waals surface area contributed by atoms with E-state index in [2.05, 4.69) is 15.0 Å². The summed E-state index contributed by atoms with van der Waals surface area (Å²) in [4.78, 5) is 11.8. The van der Waals surface area contributed by atoms with Crippen LogP contribution in [0.3, 0.4) is 0 Å². The first-order chi connectivity index (χ1) is 8.36. The first-order valence-electron chi connectivity index (χ1n) is 5.47. The average Bonchev–Trinajstić information content (AvgIpc) is 2.82. The van der Waals surface area contributed by atoms with Crippen LogP contribution in [0.2, 0.25) is 0 Å². The quantitative estimate of drug-likeness (QED) is 0.842. The highest BCUT2D eigenvalue weighted by Gasteiger charge is 2.20. The van der Waals surface area contributed by atoms with Crippen LogP contribution < -0.4 is 4.74 Å². The highest BCUT2D eigenvalue weighted by Crippen LogP contribution is 2.21. The maximum atomic E-state index is 5.57. The van der Waals surface area contributed by atoms with E-state index in [4.69, 9.17) is 14.2 Å². The highest BCUT2D eigenvalue weighted by molar-refractivity contribution is 5.71. The van der Waals surface area contributed by atoms with Gasteiger partial charge in [-0.25, -0.2) is 4.98 Å². The van der Waals surface area contributed by atoms with E-state index in [9.17, 15) is 0 Å². The predicted molar refractivity (Wildman–Crippen MR) is 60.0 cm³/mol. The van der Waals surface area contributed by atoms with Gasteiger partial charge in [-0.05, 0) is 6.07 Å². The molecule has 1 aliphatic rings. The second kappa shape index (κ2) is 4.31. The largest absolute Gasteiger partial charge is 0.481 e. The summed E-state index contributed by atoms with van der Waals surface area (Å²) in [6, 6.07) is 3.68. The summed E-state index contributed by atoms with van der Waals surface area (Å²) < 4.78 is 16.0. The molecule has 2 aromatic rings. The van der Waals surface area contributed by atoms with Gasteiger partial charge in [-0.3, -0.25) is 0 Å². The minimum atomic E-state index is -0.135. The predicted octanol–water partition coefficient (Wildman–Crippen LogP) is 1.05. The lowest BCUT2D eigenvalue weighted by Gasteiger charge is -2.20. The van der Waals surface area contributed by atoms with Crippen LogP contribution in [-0.2, 0) is 9.47 Å². The van der Waals surface area contributed by atoms with Crippen molar-refractivity contribution in [2.75, 3.05) is 26.9 Å². The maximum absolute atomic E-state index is 5.57. The van der Waals surface area contributed by atoms with Crippen molar-refractivity contribution in [3.63, 3.8) is 0 Å². The van der Waals surface area contributed by atoms with Gasteiger partial charge in [0.2, 0.25) is 5.88 Å². The van der Waals surface area contributed by atoms with Crippen molar-refractivity contribution in [3.05, 3.63) is 18.0 Å². The topological polar surface area (TPSA) is 69.3 Å². The van der Waals surface area contributed by atoms with E-state index in [0.29, 0.717) is 31.3 Å². The molecule has 0 aromatic carbocycles. The van der Waals surface area contributed by atoms with Gasteiger partial charge in [0.15, 0.2) is 5.65 Å². The van der Waals surface area contributed by atoms with Gasteiger partial charge in [0.05, 0.1) is 32.4 Å². The molecule has 0 saturated carbocycles. The fourth-order valence-corrected chi connectivity index (χ4v) is 1.81. The van der Waals surface area contributed by atoms with Crippen molar-refractivity contribution in [2.24, 2.45) is 0 Å². The number of nitrogens with zero attached hydrogens (tertiary/aromatic N) is 2. The van der Waals surface area contributed by atoms with E-state index < -0.39 is 0 Å². The molecule has 1 atom stereocenters. The van der Waals surface area contributed by atoms with E-state index in [0.717, 1.165) is 11.3 Å². The lowest BCUT2D eigenvalue weighted by Crippen LogP contribution is -2.22. The zero-order chi connectivity index (χ0) is 11.7. The number of fused-ring (bicyclic) bond motifs is 1. The van der Waals surface area contributed by atoms with Crippen molar-refractivity contribution in [2.45, 2.75) is 6.10 Å². The maximum Gasteiger partial charge on any atom is 0.215 e. The van der Waals surface area contributed by atoms with E-state index in [1.807, 2.05) is 6.07 Å². The molecule has 6 nitrogen and oxygen atoms in total. The Hall–Kier alpha value is -1.66. The number of hydrogen-bond acceptors (Lipinski definition) is 5. The minimum absolute atomic E-state index is 0.135. The normalized spacial score (nSPS) is 20.6. The van der Waals surface area contributed by atoms with Crippen LogP contribution in [0.15, 0.2) is 12.1 Å². The van der Waals surface area contributed by atoms with Crippen molar-refractivity contribution < 1.29 is 14.2 Å². The Kier molecular flexibility index (Phi) is 2.66. The molecule has 90 valence electrons. The number of pyridine rings is 1. The van der Waals surface area contributed by atoms with Crippen molar-refractivity contribution in [3.8, 4) is 5.88 Å². The highest BCUT2D eigenvalue weighted by atomic mass is 16.6. The number of aromatic amines is 1. The third-order valence-corrected chi connectivity index (χ3v) is 2.67. The molecule has 17 heavy (non-hydrogen) atoms. The zero-order valence-corrected chi connectivity index (χ0v) is 9.47. The molecule has 2 aromatic heterocycles. The van der Waals surface area contributed by atoms with Gasteiger partial charge in [0, 0.05) is 6.07 Å². The molecule has 0 amide bonds. The van der Waals surface area contributed by atoms with Crippen molar-refractivity contribution >= 4 is 11.2 Å². The number of rotatable bonds is 2. The van der Waals surface area contributed by atoms with E-state index >= 15 is 0 Å². The lowest BCUT2D eigenvalue weighted by molar-refractivity contribution is -0.0931. The van der Waals surface area contributed by atoms with Gasteiger partial charge in [-0.1, -0.05) is 0 Å². The molecule has 1 N–H and O–H groups in total. The van der Waals surface area contributed by atoms with Crippen molar-refractivity contribution in [1.29, 1.82) is 0 Å². The van der Waals surface area contributed by atoms with Crippen LogP contribution in [0, 0.1) is 0 Å². The molecular formula is C11H13N3O3. The summed E-state index contributed by atoms with van der Waals surface area (Å²) in [5, 5.41) is 0. The average molecular weight is 235 g/mol. The summed E-state index contributed by atoms with van der Waals surface area (Å²) in [5.74, 6) is 1.30. The molecule has 0 radical (unpaired) electrons. The summed E-state index contributed by atoms with van der Waals surface area (Å²) in [5.41, 5.74) is 1.50. The van der Waals surface area contributed by atoms with Crippen LogP contribution in [-0.4, -0.2) is 41.9 Å². The Balaban J connectivity index is 1.95. The van der Waals surface area contributed by atoms with Gasteiger partial charge in [0.1, 0.15) is 11.9 Å². The summed E-state index contributed by atoms with van der Waals surface area (Å²) in [7, 11) is 1.58. The molecule has 0 aliphatic carbocycles. The zero-order valence-electron chi connectivity index (χ0n) is 9.47. The standard InChI is InChI=1S/C11H13N3O3/c1-15-9-3-2-7-10(13-9)14-11(12-7)8-6-16-4-5-17-8/h2-3,8H,4-6H2,1H3,(H,12,13,14). The van der Waals surface area contributed by atoms with E-state index in [1.165, 1.54) is 0 Å². The molecule has 3 rings (SSSR count). The van der Waals surface area contributed by atoms with Gasteiger partial charge in [-0.15, -0.1) is 0 Å². The van der Waals surface area contributed by atoms with Gasteiger partial charge < -0.3 is 19.2 Å². The van der Waals surface area contributed by atoms with E-state index in [1.54, 1.807) is 13.2 Å². The number of aromatic nitrogens is 3. The smallest absolute Gasteiger partial charge is 0.215 e. The fourth-order valence-electron chi connectivity index (χ4n) is 1.81. The van der Waals surface area contributed by atoms with Crippen LogP contribution in [0.5, 0.6) is 5.88 Å².